The molecule has 0 saturated heterocycles. The van der Waals surface area contributed by atoms with E-state index >= 15 is 0 Å². The first-order chi connectivity index (χ1) is 15.1. The van der Waals surface area contributed by atoms with E-state index < -0.39 is 0 Å². The Morgan fingerprint density at radius 3 is 2.74 bits per heavy atom. The summed E-state index contributed by atoms with van der Waals surface area (Å²) in [6.45, 7) is 1.56. The van der Waals surface area contributed by atoms with Gasteiger partial charge >= 0.3 is 5.69 Å². The van der Waals surface area contributed by atoms with Gasteiger partial charge in [-0.15, -0.1) is 0 Å². The van der Waals surface area contributed by atoms with Crippen LogP contribution in [-0.4, -0.2) is 16.1 Å². The normalized spacial score (nSPS) is 12.1. The standard InChI is InChI=1S/C22H16ClN5O3/c23-18-9-17(4-3-15(18)11-24)31-19-5-2-14(8-16(19)12-25)13-30-21-10-20-26-6-1-7-28(20)22(29)27-21/h2-5,8-10,26H,1,6-7,13H2. The Labute approximate surface area is 182 Å². The molecule has 1 N–H and O–H groups in total. The molecule has 0 atom stereocenters. The molecular formula is C22H16ClN5O3. The monoisotopic (exact) mass is 433 g/mol. The molecular weight excluding hydrogens is 418 g/mol. The second kappa shape index (κ2) is 8.78. The number of fused-ring (bicyclic) bond motifs is 1. The highest BCUT2D eigenvalue weighted by Crippen LogP contribution is 2.29. The molecule has 154 valence electrons. The molecule has 0 bridgehead atoms. The van der Waals surface area contributed by atoms with Crippen molar-refractivity contribution in [3.8, 4) is 29.5 Å². The lowest BCUT2D eigenvalue weighted by Gasteiger charge is -2.19. The highest BCUT2D eigenvalue weighted by molar-refractivity contribution is 6.31. The molecule has 9 heteroatoms. The molecule has 0 aliphatic carbocycles. The van der Waals surface area contributed by atoms with Gasteiger partial charge in [0.15, 0.2) is 0 Å². The van der Waals surface area contributed by atoms with Crippen LogP contribution in [0.4, 0.5) is 5.82 Å². The summed E-state index contributed by atoms with van der Waals surface area (Å²) < 4.78 is 13.0. The zero-order valence-electron chi connectivity index (χ0n) is 16.3. The molecule has 0 spiro atoms. The number of aromatic nitrogens is 2. The van der Waals surface area contributed by atoms with Gasteiger partial charge in [0.25, 0.3) is 0 Å². The van der Waals surface area contributed by atoms with Crippen LogP contribution in [0.2, 0.25) is 5.02 Å². The Bertz CT molecular complexity index is 1290. The van der Waals surface area contributed by atoms with Crippen LogP contribution in [0.1, 0.15) is 23.1 Å². The number of nitrogens with one attached hydrogen (secondary N) is 1. The second-order valence-electron chi connectivity index (χ2n) is 6.78. The number of rotatable bonds is 5. The average molecular weight is 434 g/mol. The molecule has 1 aliphatic rings. The van der Waals surface area contributed by atoms with E-state index in [1.54, 1.807) is 41.0 Å². The lowest BCUT2D eigenvalue weighted by molar-refractivity contribution is 0.290. The molecule has 0 amide bonds. The lowest BCUT2D eigenvalue weighted by atomic mass is 10.1. The van der Waals surface area contributed by atoms with Gasteiger partial charge < -0.3 is 14.8 Å². The highest BCUT2D eigenvalue weighted by Gasteiger charge is 2.13. The van der Waals surface area contributed by atoms with Crippen molar-refractivity contribution in [2.45, 2.75) is 19.6 Å². The van der Waals surface area contributed by atoms with E-state index in [0.29, 0.717) is 40.6 Å². The van der Waals surface area contributed by atoms with E-state index in [2.05, 4.69) is 16.4 Å². The van der Waals surface area contributed by atoms with Crippen molar-refractivity contribution in [3.63, 3.8) is 0 Å². The van der Waals surface area contributed by atoms with E-state index in [1.165, 1.54) is 6.07 Å². The van der Waals surface area contributed by atoms with Crippen LogP contribution in [-0.2, 0) is 13.2 Å². The van der Waals surface area contributed by atoms with Crippen LogP contribution in [0.25, 0.3) is 0 Å². The van der Waals surface area contributed by atoms with Crippen molar-refractivity contribution in [2.75, 3.05) is 11.9 Å². The molecule has 3 aromatic rings. The minimum absolute atomic E-state index is 0.132. The SMILES string of the molecule is N#Cc1ccc(Oc2ccc(COc3cc4n(c(=O)n3)CCCN4)cc2C#N)cc1Cl. The van der Waals surface area contributed by atoms with E-state index in [1.807, 2.05) is 6.07 Å². The van der Waals surface area contributed by atoms with Crippen molar-refractivity contribution in [2.24, 2.45) is 0 Å². The van der Waals surface area contributed by atoms with Crippen molar-refractivity contribution >= 4 is 17.4 Å². The van der Waals surface area contributed by atoms with Crippen molar-refractivity contribution < 1.29 is 9.47 Å². The number of anilines is 1. The van der Waals surface area contributed by atoms with E-state index in [4.69, 9.17) is 26.3 Å². The van der Waals surface area contributed by atoms with Gasteiger partial charge in [-0.05, 0) is 36.2 Å². The lowest BCUT2D eigenvalue weighted by Crippen LogP contribution is -2.30. The summed E-state index contributed by atoms with van der Waals surface area (Å²) in [5, 5.41) is 21.9. The summed E-state index contributed by atoms with van der Waals surface area (Å²) in [4.78, 5) is 16.1. The van der Waals surface area contributed by atoms with Crippen molar-refractivity contribution in [3.05, 3.63) is 74.7 Å². The van der Waals surface area contributed by atoms with Crippen LogP contribution in [0.5, 0.6) is 17.4 Å². The maximum Gasteiger partial charge on any atom is 0.352 e. The number of hydrogen-bond donors (Lipinski definition) is 1. The zero-order chi connectivity index (χ0) is 21.8. The fourth-order valence-corrected chi connectivity index (χ4v) is 3.37. The van der Waals surface area contributed by atoms with Gasteiger partial charge in [0.2, 0.25) is 5.88 Å². The summed E-state index contributed by atoms with van der Waals surface area (Å²) in [5.74, 6) is 1.66. The first-order valence-corrected chi connectivity index (χ1v) is 9.84. The molecule has 0 radical (unpaired) electrons. The fourth-order valence-electron chi connectivity index (χ4n) is 3.15. The van der Waals surface area contributed by atoms with Gasteiger partial charge in [-0.1, -0.05) is 17.7 Å². The molecule has 0 unspecified atom stereocenters. The Morgan fingerprint density at radius 1 is 1.13 bits per heavy atom. The van der Waals surface area contributed by atoms with Gasteiger partial charge in [0.05, 0.1) is 16.1 Å². The van der Waals surface area contributed by atoms with Crippen LogP contribution < -0.4 is 20.5 Å². The third-order valence-electron chi connectivity index (χ3n) is 4.69. The molecule has 0 saturated carbocycles. The zero-order valence-corrected chi connectivity index (χ0v) is 17.0. The first kappa shape index (κ1) is 20.3. The third-order valence-corrected chi connectivity index (χ3v) is 5.01. The van der Waals surface area contributed by atoms with Gasteiger partial charge in [0, 0.05) is 25.2 Å². The molecule has 1 aromatic heterocycles. The fraction of sp³-hybridized carbons (Fsp3) is 0.182. The Hall–Kier alpha value is -4.01. The number of benzene rings is 2. The quantitative estimate of drug-likeness (QED) is 0.650. The minimum Gasteiger partial charge on any atom is -0.473 e. The molecule has 31 heavy (non-hydrogen) atoms. The summed E-state index contributed by atoms with van der Waals surface area (Å²) in [5.41, 5.74) is 1.01. The maximum absolute atomic E-state index is 12.1. The van der Waals surface area contributed by atoms with Crippen LogP contribution >= 0.6 is 11.6 Å². The Kier molecular flexibility index (Phi) is 5.74. The smallest absolute Gasteiger partial charge is 0.352 e. The second-order valence-corrected chi connectivity index (χ2v) is 7.19. The van der Waals surface area contributed by atoms with Gasteiger partial charge in [-0.25, -0.2) is 4.79 Å². The third kappa shape index (κ3) is 4.45. The molecule has 1 aliphatic heterocycles. The Balaban J connectivity index is 1.49. The molecule has 4 rings (SSSR count). The number of halogens is 1. The van der Waals surface area contributed by atoms with Crippen LogP contribution in [0, 0.1) is 22.7 Å². The summed E-state index contributed by atoms with van der Waals surface area (Å²) in [6.07, 6.45) is 0.870. The maximum atomic E-state index is 12.1. The number of nitriles is 2. The highest BCUT2D eigenvalue weighted by atomic mass is 35.5. The number of nitrogens with zero attached hydrogens (tertiary/aromatic N) is 4. The average Bonchev–Trinajstić information content (AvgIpc) is 2.78. The van der Waals surface area contributed by atoms with Gasteiger partial charge in [0.1, 0.15) is 36.1 Å². The molecule has 2 aromatic carbocycles. The number of hydrogen-bond acceptors (Lipinski definition) is 7. The topological polar surface area (TPSA) is 113 Å². The summed E-state index contributed by atoms with van der Waals surface area (Å²) in [7, 11) is 0. The van der Waals surface area contributed by atoms with Crippen molar-refractivity contribution in [1.29, 1.82) is 10.5 Å². The van der Waals surface area contributed by atoms with E-state index in [-0.39, 0.29) is 23.2 Å². The van der Waals surface area contributed by atoms with Crippen LogP contribution in [0.3, 0.4) is 0 Å². The Morgan fingerprint density at radius 2 is 1.97 bits per heavy atom. The van der Waals surface area contributed by atoms with E-state index in [9.17, 15) is 10.1 Å². The van der Waals surface area contributed by atoms with Crippen LogP contribution in [0.15, 0.2) is 47.3 Å². The summed E-state index contributed by atoms with van der Waals surface area (Å²) >= 11 is 6.03. The largest absolute Gasteiger partial charge is 0.473 e. The minimum atomic E-state index is -0.359. The van der Waals surface area contributed by atoms with Crippen molar-refractivity contribution in [1.82, 2.24) is 9.55 Å². The molecule has 8 nitrogen and oxygen atoms in total. The van der Waals surface area contributed by atoms with Gasteiger partial charge in [-0.2, -0.15) is 15.5 Å². The predicted octanol–water partition coefficient (Wildman–Crippen LogP) is 3.83. The molecule has 0 fully saturated rings. The first-order valence-electron chi connectivity index (χ1n) is 9.46. The summed E-state index contributed by atoms with van der Waals surface area (Å²) in [6, 6.07) is 15.5. The van der Waals surface area contributed by atoms with Gasteiger partial charge in [-0.3, -0.25) is 4.57 Å². The predicted molar refractivity (Wildman–Crippen MR) is 113 cm³/mol. The molecule has 2 heterocycles. The van der Waals surface area contributed by atoms with E-state index in [0.717, 1.165) is 13.0 Å². The number of ether oxygens (including phenoxy) is 2.